The van der Waals surface area contributed by atoms with Crippen molar-refractivity contribution >= 4 is 21.9 Å². The molecule has 1 unspecified atom stereocenters. The summed E-state index contributed by atoms with van der Waals surface area (Å²) in [6, 6.07) is 5.81. The third-order valence-corrected chi connectivity index (χ3v) is 3.78. The van der Waals surface area contributed by atoms with Gasteiger partial charge in [-0.25, -0.2) is 0 Å². The van der Waals surface area contributed by atoms with Gasteiger partial charge in [0.1, 0.15) is 0 Å². The van der Waals surface area contributed by atoms with Gasteiger partial charge in [-0.3, -0.25) is 4.79 Å². The molecule has 0 saturated carbocycles. The van der Waals surface area contributed by atoms with Crippen molar-refractivity contribution in [2.75, 3.05) is 14.1 Å². The van der Waals surface area contributed by atoms with E-state index in [1.54, 1.807) is 13.8 Å². The fraction of sp³-hybridized carbons (Fsp3) is 0.500. The van der Waals surface area contributed by atoms with Gasteiger partial charge in [0.2, 0.25) is 0 Å². The second-order valence-corrected chi connectivity index (χ2v) is 6.31. The molecule has 1 rings (SSSR count). The molecule has 0 amide bonds. The van der Waals surface area contributed by atoms with Gasteiger partial charge in [0.15, 0.2) is 0 Å². The molecule has 0 bridgehead atoms. The number of aryl methyl sites for hydroxylation is 1. The van der Waals surface area contributed by atoms with Gasteiger partial charge in [0.25, 0.3) is 0 Å². The molecule has 100 valence electrons. The number of carbonyl (C=O) groups is 1. The third-order valence-electron chi connectivity index (χ3n) is 3.29. The van der Waals surface area contributed by atoms with E-state index in [9.17, 15) is 9.90 Å². The van der Waals surface area contributed by atoms with E-state index in [0.717, 1.165) is 15.6 Å². The second kappa shape index (κ2) is 5.41. The van der Waals surface area contributed by atoms with E-state index in [1.165, 1.54) is 0 Å². The lowest BCUT2D eigenvalue weighted by molar-refractivity contribution is -0.150. The van der Waals surface area contributed by atoms with Crippen LogP contribution in [0.1, 0.15) is 31.0 Å². The normalized spacial score (nSPS) is 13.7. The number of carboxylic acid groups (broad SMARTS) is 1. The molecular weight excluding hydrogens is 294 g/mol. The Balaban J connectivity index is 3.38. The highest BCUT2D eigenvalue weighted by molar-refractivity contribution is 9.10. The summed E-state index contributed by atoms with van der Waals surface area (Å²) in [4.78, 5) is 13.5. The van der Waals surface area contributed by atoms with E-state index in [1.807, 2.05) is 44.1 Å². The third kappa shape index (κ3) is 2.93. The van der Waals surface area contributed by atoms with Crippen LogP contribution in [0.2, 0.25) is 0 Å². The standard InChI is InChI=1S/C14H20BrNO2/c1-9-6-7-10(15)8-11(9)12(16(4)5)14(2,3)13(17)18/h6-8,12H,1-5H3,(H,17,18). The largest absolute Gasteiger partial charge is 0.481 e. The summed E-state index contributed by atoms with van der Waals surface area (Å²) in [6.07, 6.45) is 0. The first-order valence-electron chi connectivity index (χ1n) is 5.83. The van der Waals surface area contributed by atoms with Crippen LogP contribution < -0.4 is 0 Å². The van der Waals surface area contributed by atoms with Gasteiger partial charge < -0.3 is 10.0 Å². The van der Waals surface area contributed by atoms with E-state index in [2.05, 4.69) is 15.9 Å². The van der Waals surface area contributed by atoms with E-state index in [0.29, 0.717) is 0 Å². The monoisotopic (exact) mass is 313 g/mol. The SMILES string of the molecule is Cc1ccc(Br)cc1C(N(C)C)C(C)(C)C(=O)O. The van der Waals surface area contributed by atoms with Crippen LogP contribution in [0.25, 0.3) is 0 Å². The molecule has 0 spiro atoms. The molecule has 0 radical (unpaired) electrons. The quantitative estimate of drug-likeness (QED) is 0.925. The fourth-order valence-corrected chi connectivity index (χ4v) is 2.71. The van der Waals surface area contributed by atoms with Crippen LogP contribution in [-0.4, -0.2) is 30.1 Å². The molecule has 1 aromatic rings. The van der Waals surface area contributed by atoms with Gasteiger partial charge in [-0.05, 0) is 58.1 Å². The van der Waals surface area contributed by atoms with Crippen molar-refractivity contribution in [1.29, 1.82) is 0 Å². The van der Waals surface area contributed by atoms with Crippen molar-refractivity contribution < 1.29 is 9.90 Å². The zero-order chi connectivity index (χ0) is 14.1. The van der Waals surface area contributed by atoms with Gasteiger partial charge >= 0.3 is 5.97 Å². The summed E-state index contributed by atoms with van der Waals surface area (Å²) in [5.74, 6) is -0.791. The van der Waals surface area contributed by atoms with E-state index in [-0.39, 0.29) is 6.04 Å². The van der Waals surface area contributed by atoms with Gasteiger partial charge in [-0.15, -0.1) is 0 Å². The van der Waals surface area contributed by atoms with Crippen LogP contribution in [0.5, 0.6) is 0 Å². The number of hydrogen-bond donors (Lipinski definition) is 1. The summed E-state index contributed by atoms with van der Waals surface area (Å²) < 4.78 is 0.969. The molecular formula is C14H20BrNO2. The number of hydrogen-bond acceptors (Lipinski definition) is 2. The minimum Gasteiger partial charge on any atom is -0.481 e. The lowest BCUT2D eigenvalue weighted by atomic mass is 9.78. The Kier molecular flexibility index (Phi) is 4.56. The lowest BCUT2D eigenvalue weighted by Gasteiger charge is -2.36. The van der Waals surface area contributed by atoms with Gasteiger partial charge in [0, 0.05) is 4.47 Å². The predicted octanol–water partition coefficient (Wildman–Crippen LogP) is 3.47. The van der Waals surface area contributed by atoms with Gasteiger partial charge in [-0.2, -0.15) is 0 Å². The molecule has 1 atom stereocenters. The predicted molar refractivity (Wildman–Crippen MR) is 76.7 cm³/mol. The van der Waals surface area contributed by atoms with Crippen LogP contribution >= 0.6 is 15.9 Å². The Bertz CT molecular complexity index is 455. The molecule has 3 nitrogen and oxygen atoms in total. The van der Waals surface area contributed by atoms with Crippen molar-refractivity contribution in [3.63, 3.8) is 0 Å². The average molecular weight is 314 g/mol. The first-order chi connectivity index (χ1) is 8.17. The molecule has 0 fully saturated rings. The van der Waals surface area contributed by atoms with Gasteiger partial charge in [-0.1, -0.05) is 22.0 Å². The Hall–Kier alpha value is -0.870. The molecule has 0 aliphatic carbocycles. The summed E-state index contributed by atoms with van der Waals surface area (Å²) in [7, 11) is 3.82. The molecule has 0 aliphatic rings. The summed E-state index contributed by atoms with van der Waals surface area (Å²) in [6.45, 7) is 5.54. The Morgan fingerprint density at radius 2 is 1.94 bits per heavy atom. The van der Waals surface area contributed by atoms with Crippen molar-refractivity contribution in [3.05, 3.63) is 33.8 Å². The van der Waals surface area contributed by atoms with Crippen LogP contribution in [0.4, 0.5) is 0 Å². The molecule has 0 saturated heterocycles. The maximum Gasteiger partial charge on any atom is 0.311 e. The van der Waals surface area contributed by atoms with Gasteiger partial charge in [0.05, 0.1) is 11.5 Å². The number of benzene rings is 1. The summed E-state index contributed by atoms with van der Waals surface area (Å²) in [5.41, 5.74) is 1.29. The molecule has 18 heavy (non-hydrogen) atoms. The number of aliphatic carboxylic acids is 1. The zero-order valence-corrected chi connectivity index (χ0v) is 13.1. The van der Waals surface area contributed by atoms with Crippen LogP contribution in [0.15, 0.2) is 22.7 Å². The van der Waals surface area contributed by atoms with E-state index < -0.39 is 11.4 Å². The number of rotatable bonds is 4. The Morgan fingerprint density at radius 1 is 1.39 bits per heavy atom. The lowest BCUT2D eigenvalue weighted by Crippen LogP contribution is -2.39. The first-order valence-corrected chi connectivity index (χ1v) is 6.63. The first kappa shape index (κ1) is 15.2. The summed E-state index contributed by atoms with van der Waals surface area (Å²) in [5, 5.41) is 9.44. The molecule has 1 N–H and O–H groups in total. The van der Waals surface area contributed by atoms with Crippen LogP contribution in [0.3, 0.4) is 0 Å². The topological polar surface area (TPSA) is 40.5 Å². The van der Waals surface area contributed by atoms with Crippen molar-refractivity contribution in [1.82, 2.24) is 4.90 Å². The maximum absolute atomic E-state index is 11.5. The minimum absolute atomic E-state index is 0.174. The van der Waals surface area contributed by atoms with Crippen LogP contribution in [-0.2, 0) is 4.79 Å². The summed E-state index contributed by atoms with van der Waals surface area (Å²) >= 11 is 3.45. The highest BCUT2D eigenvalue weighted by Crippen LogP contribution is 2.39. The van der Waals surface area contributed by atoms with Crippen LogP contribution in [0, 0.1) is 12.3 Å². The number of carboxylic acids is 1. The molecule has 0 aromatic heterocycles. The Morgan fingerprint density at radius 3 is 2.39 bits per heavy atom. The molecule has 0 heterocycles. The average Bonchev–Trinajstić information content (AvgIpc) is 2.22. The highest BCUT2D eigenvalue weighted by atomic mass is 79.9. The van der Waals surface area contributed by atoms with E-state index >= 15 is 0 Å². The fourth-order valence-electron chi connectivity index (χ4n) is 2.34. The molecule has 0 aliphatic heterocycles. The zero-order valence-electron chi connectivity index (χ0n) is 11.5. The second-order valence-electron chi connectivity index (χ2n) is 5.39. The smallest absolute Gasteiger partial charge is 0.311 e. The molecule has 4 heteroatoms. The van der Waals surface area contributed by atoms with Crippen molar-refractivity contribution in [2.45, 2.75) is 26.8 Å². The maximum atomic E-state index is 11.5. The number of nitrogens with zero attached hydrogens (tertiary/aromatic N) is 1. The van der Waals surface area contributed by atoms with E-state index in [4.69, 9.17) is 0 Å². The minimum atomic E-state index is -0.852. The highest BCUT2D eigenvalue weighted by Gasteiger charge is 2.39. The van der Waals surface area contributed by atoms with Crippen molar-refractivity contribution in [3.8, 4) is 0 Å². The molecule has 1 aromatic carbocycles. The number of halogens is 1. The Labute approximate surface area is 117 Å². The van der Waals surface area contributed by atoms with Crippen molar-refractivity contribution in [2.24, 2.45) is 5.41 Å².